The molecule has 0 aliphatic carbocycles. The first-order chi connectivity index (χ1) is 5.38. The monoisotopic (exact) mass is 189 g/mol. The van der Waals surface area contributed by atoms with Crippen molar-refractivity contribution in [3.8, 4) is 0 Å². The molecule has 1 N–H and O–H groups in total. The van der Waals surface area contributed by atoms with E-state index in [2.05, 4.69) is 12.2 Å². The van der Waals surface area contributed by atoms with Gasteiger partial charge >= 0.3 is 0 Å². The van der Waals surface area contributed by atoms with Gasteiger partial charge in [0.1, 0.15) is 0 Å². The van der Waals surface area contributed by atoms with Crippen LogP contribution in [0.3, 0.4) is 0 Å². The molecule has 0 aromatic carbocycles. The Bertz CT molecular complexity index is 126. The quantitative estimate of drug-likeness (QED) is 0.705. The summed E-state index contributed by atoms with van der Waals surface area (Å²) in [4.78, 5) is 0. The molecule has 2 atom stereocenters. The molecule has 0 saturated carbocycles. The van der Waals surface area contributed by atoms with Crippen molar-refractivity contribution >= 4 is 12.4 Å². The number of fused-ring (bicyclic) bond motifs is 2. The highest BCUT2D eigenvalue weighted by atomic mass is 35.5. The molecular formula is C10H20ClN. The van der Waals surface area contributed by atoms with Gasteiger partial charge < -0.3 is 5.32 Å². The molecule has 0 amide bonds. The van der Waals surface area contributed by atoms with Gasteiger partial charge in [-0.3, -0.25) is 0 Å². The Morgan fingerprint density at radius 3 is 2.25 bits per heavy atom. The summed E-state index contributed by atoms with van der Waals surface area (Å²) >= 11 is 0. The van der Waals surface area contributed by atoms with Crippen LogP contribution < -0.4 is 5.32 Å². The molecule has 2 bridgehead atoms. The van der Waals surface area contributed by atoms with Crippen molar-refractivity contribution in [2.75, 3.05) is 0 Å². The summed E-state index contributed by atoms with van der Waals surface area (Å²) in [7, 11) is 0. The molecule has 0 aromatic heterocycles. The van der Waals surface area contributed by atoms with Crippen LogP contribution in [0.25, 0.3) is 0 Å². The smallest absolute Gasteiger partial charge is 0.00728 e. The molecule has 2 unspecified atom stereocenters. The van der Waals surface area contributed by atoms with Crippen LogP contribution in [0.2, 0.25) is 0 Å². The number of hydrogen-bond donors (Lipinski definition) is 1. The highest BCUT2D eigenvalue weighted by Crippen LogP contribution is 2.32. The molecule has 2 fully saturated rings. The summed E-state index contributed by atoms with van der Waals surface area (Å²) in [5.41, 5.74) is 0. The van der Waals surface area contributed by atoms with E-state index in [1.807, 2.05) is 0 Å². The van der Waals surface area contributed by atoms with E-state index in [-0.39, 0.29) is 12.4 Å². The summed E-state index contributed by atoms with van der Waals surface area (Å²) < 4.78 is 0. The number of halogens is 1. The van der Waals surface area contributed by atoms with E-state index in [0.29, 0.717) is 0 Å². The molecule has 2 heterocycles. The lowest BCUT2D eigenvalue weighted by molar-refractivity contribution is 0.284. The van der Waals surface area contributed by atoms with E-state index in [1.54, 1.807) is 0 Å². The first-order valence-corrected chi connectivity index (χ1v) is 5.14. The Balaban J connectivity index is 0.000000720. The Labute approximate surface area is 81.7 Å². The average molecular weight is 190 g/mol. The SMILES string of the molecule is CCCC1CC2CCC(C1)N2.Cl. The Kier molecular flexibility index (Phi) is 3.85. The minimum Gasteiger partial charge on any atom is -0.311 e. The maximum atomic E-state index is 3.68. The molecule has 2 aliphatic rings. The maximum Gasteiger partial charge on any atom is 0.00728 e. The highest BCUT2D eigenvalue weighted by Gasteiger charge is 2.32. The van der Waals surface area contributed by atoms with E-state index in [0.717, 1.165) is 18.0 Å². The molecule has 0 radical (unpaired) electrons. The minimum atomic E-state index is 0. The van der Waals surface area contributed by atoms with Crippen molar-refractivity contribution < 1.29 is 0 Å². The molecule has 2 aliphatic heterocycles. The predicted octanol–water partition coefficient (Wildman–Crippen LogP) is 2.74. The van der Waals surface area contributed by atoms with E-state index in [4.69, 9.17) is 0 Å². The Morgan fingerprint density at radius 2 is 1.75 bits per heavy atom. The second-order valence-corrected chi connectivity index (χ2v) is 4.26. The number of nitrogens with one attached hydrogen (secondary N) is 1. The average Bonchev–Trinajstić information content (AvgIpc) is 2.32. The van der Waals surface area contributed by atoms with Gasteiger partial charge in [-0.2, -0.15) is 0 Å². The molecule has 2 rings (SSSR count). The van der Waals surface area contributed by atoms with Crippen LogP contribution in [0, 0.1) is 5.92 Å². The third-order valence-corrected chi connectivity index (χ3v) is 3.27. The van der Waals surface area contributed by atoms with Gasteiger partial charge in [0.15, 0.2) is 0 Å². The number of hydrogen-bond acceptors (Lipinski definition) is 1. The van der Waals surface area contributed by atoms with Gasteiger partial charge in [-0.15, -0.1) is 12.4 Å². The molecule has 2 saturated heterocycles. The normalized spacial score (nSPS) is 39.2. The van der Waals surface area contributed by atoms with Gasteiger partial charge in [0.25, 0.3) is 0 Å². The molecule has 1 nitrogen and oxygen atoms in total. The fourth-order valence-corrected chi connectivity index (χ4v) is 2.82. The molecule has 12 heavy (non-hydrogen) atoms. The van der Waals surface area contributed by atoms with Crippen molar-refractivity contribution in [1.29, 1.82) is 0 Å². The van der Waals surface area contributed by atoms with Crippen LogP contribution in [0.15, 0.2) is 0 Å². The molecular weight excluding hydrogens is 170 g/mol. The van der Waals surface area contributed by atoms with Gasteiger partial charge in [0.05, 0.1) is 0 Å². The largest absolute Gasteiger partial charge is 0.311 e. The fourth-order valence-electron chi connectivity index (χ4n) is 2.82. The first kappa shape index (κ1) is 10.3. The van der Waals surface area contributed by atoms with Crippen LogP contribution >= 0.6 is 12.4 Å². The van der Waals surface area contributed by atoms with Crippen LogP contribution in [0.1, 0.15) is 45.4 Å². The zero-order valence-corrected chi connectivity index (χ0v) is 8.70. The lowest BCUT2D eigenvalue weighted by atomic mass is 9.89. The summed E-state index contributed by atoms with van der Waals surface area (Å²) in [6.45, 7) is 2.31. The number of piperidine rings is 1. The third-order valence-electron chi connectivity index (χ3n) is 3.27. The zero-order valence-electron chi connectivity index (χ0n) is 7.88. The van der Waals surface area contributed by atoms with Crippen molar-refractivity contribution in [2.24, 2.45) is 5.92 Å². The molecule has 72 valence electrons. The number of rotatable bonds is 2. The van der Waals surface area contributed by atoms with Crippen molar-refractivity contribution in [3.63, 3.8) is 0 Å². The van der Waals surface area contributed by atoms with Crippen LogP contribution in [0.4, 0.5) is 0 Å². The fraction of sp³-hybridized carbons (Fsp3) is 1.00. The van der Waals surface area contributed by atoms with E-state index in [9.17, 15) is 0 Å². The van der Waals surface area contributed by atoms with Crippen LogP contribution in [0.5, 0.6) is 0 Å². The summed E-state index contributed by atoms with van der Waals surface area (Å²) in [6, 6.07) is 1.79. The second-order valence-electron chi connectivity index (χ2n) is 4.26. The lowest BCUT2D eigenvalue weighted by Crippen LogP contribution is -2.37. The standard InChI is InChI=1S/C10H19N.ClH/c1-2-3-8-6-9-4-5-10(7-8)11-9;/h8-11H,2-7H2,1H3;1H. The Morgan fingerprint density at radius 1 is 1.17 bits per heavy atom. The van der Waals surface area contributed by atoms with E-state index >= 15 is 0 Å². The Hall–Kier alpha value is 0.250. The van der Waals surface area contributed by atoms with Crippen molar-refractivity contribution in [1.82, 2.24) is 5.32 Å². The molecule has 0 spiro atoms. The third kappa shape index (κ3) is 2.14. The lowest BCUT2D eigenvalue weighted by Gasteiger charge is -2.28. The van der Waals surface area contributed by atoms with Gasteiger partial charge in [-0.25, -0.2) is 0 Å². The minimum absolute atomic E-state index is 0. The van der Waals surface area contributed by atoms with E-state index in [1.165, 1.54) is 38.5 Å². The van der Waals surface area contributed by atoms with Gasteiger partial charge in [-0.1, -0.05) is 19.8 Å². The van der Waals surface area contributed by atoms with Gasteiger partial charge in [0, 0.05) is 12.1 Å². The van der Waals surface area contributed by atoms with Crippen molar-refractivity contribution in [3.05, 3.63) is 0 Å². The van der Waals surface area contributed by atoms with Gasteiger partial charge in [-0.05, 0) is 31.6 Å². The van der Waals surface area contributed by atoms with Crippen LogP contribution in [-0.4, -0.2) is 12.1 Å². The van der Waals surface area contributed by atoms with Gasteiger partial charge in [0.2, 0.25) is 0 Å². The maximum absolute atomic E-state index is 3.68. The van der Waals surface area contributed by atoms with Crippen molar-refractivity contribution in [2.45, 2.75) is 57.5 Å². The summed E-state index contributed by atoms with van der Waals surface area (Å²) in [5.74, 6) is 1.05. The topological polar surface area (TPSA) is 12.0 Å². The first-order valence-electron chi connectivity index (χ1n) is 5.14. The summed E-state index contributed by atoms with van der Waals surface area (Å²) in [5, 5.41) is 3.68. The highest BCUT2D eigenvalue weighted by molar-refractivity contribution is 5.85. The van der Waals surface area contributed by atoms with E-state index < -0.39 is 0 Å². The second kappa shape index (κ2) is 4.48. The predicted molar refractivity (Wildman–Crippen MR) is 54.8 cm³/mol. The zero-order chi connectivity index (χ0) is 7.68. The molecule has 0 aromatic rings. The molecule has 2 heteroatoms. The summed E-state index contributed by atoms with van der Waals surface area (Å²) in [6.07, 6.45) is 8.67. The van der Waals surface area contributed by atoms with Crippen LogP contribution in [-0.2, 0) is 0 Å².